The number of likely N-dealkylation sites (N-methyl/N-ethyl adjacent to an activating group) is 1. The number of nitrogens with one attached hydrogen (secondary N) is 1. The maximum absolute atomic E-state index is 11.7. The lowest BCUT2D eigenvalue weighted by molar-refractivity contribution is -0.00620. The van der Waals surface area contributed by atoms with Crippen molar-refractivity contribution in [3.05, 3.63) is 29.8 Å². The molecule has 1 N–H and O–H groups in total. The van der Waals surface area contributed by atoms with E-state index in [2.05, 4.69) is 15.3 Å². The fourth-order valence-corrected chi connectivity index (χ4v) is 0.952. The largest absolute Gasteiger partial charge is 0.318 e. The minimum absolute atomic E-state index is 0.206. The van der Waals surface area contributed by atoms with Crippen molar-refractivity contribution in [3.8, 4) is 5.75 Å². The molecule has 0 spiro atoms. The summed E-state index contributed by atoms with van der Waals surface area (Å²) < 4.78 is 11.7. The predicted octanol–water partition coefficient (Wildman–Crippen LogP) is 1.59. The molecule has 4 heteroatoms. The van der Waals surface area contributed by atoms with Crippen molar-refractivity contribution in [2.45, 2.75) is 0 Å². The van der Waals surface area contributed by atoms with E-state index < -0.39 is 0 Å². The number of hydrogen-bond donors (Lipinski definition) is 1. The molecule has 0 amide bonds. The molecule has 0 atom stereocenters. The average molecular weight is 196 g/mol. The second kappa shape index (κ2) is 6.10. The van der Waals surface area contributed by atoms with E-state index in [0.717, 1.165) is 18.7 Å². The Hall–Kier alpha value is -1.42. The molecule has 0 saturated carbocycles. The van der Waals surface area contributed by atoms with Crippen molar-refractivity contribution >= 4 is 6.21 Å². The van der Waals surface area contributed by atoms with Crippen LogP contribution in [0.2, 0.25) is 0 Å². The van der Waals surface area contributed by atoms with Gasteiger partial charge in [0.25, 0.3) is 0 Å². The van der Waals surface area contributed by atoms with Crippen LogP contribution in [0.25, 0.3) is 0 Å². The molecule has 0 unspecified atom stereocenters. The van der Waals surface area contributed by atoms with Crippen LogP contribution in [-0.4, -0.2) is 26.4 Å². The van der Waals surface area contributed by atoms with Crippen LogP contribution in [0.3, 0.4) is 0 Å². The van der Waals surface area contributed by atoms with Crippen LogP contribution >= 0.6 is 0 Å². The van der Waals surface area contributed by atoms with Gasteiger partial charge in [-0.2, -0.15) is 0 Å². The Morgan fingerprint density at radius 3 is 2.71 bits per heavy atom. The Bertz CT molecular complexity index is 285. The number of hydrogen-bond acceptors (Lipinski definition) is 3. The van der Waals surface area contributed by atoms with E-state index in [-0.39, 0.29) is 5.75 Å². The van der Waals surface area contributed by atoms with Crippen molar-refractivity contribution < 1.29 is 9.47 Å². The predicted molar refractivity (Wildman–Crippen MR) is 54.6 cm³/mol. The molecule has 0 aromatic heterocycles. The second-order valence-corrected chi connectivity index (χ2v) is 2.79. The molecule has 0 aliphatic heterocycles. The van der Waals surface area contributed by atoms with Gasteiger partial charge in [0.2, 0.25) is 0 Å². The first-order valence-electron chi connectivity index (χ1n) is 4.40. The van der Waals surface area contributed by atoms with Gasteiger partial charge in [0.1, 0.15) is 0 Å². The Morgan fingerprint density at radius 2 is 2.14 bits per heavy atom. The van der Waals surface area contributed by atoms with Gasteiger partial charge in [0.15, 0.2) is 5.75 Å². The summed E-state index contributed by atoms with van der Waals surface area (Å²) in [5, 5.41) is 2.99. The summed E-state index contributed by atoms with van der Waals surface area (Å²) in [6.45, 7) is 1.58. The van der Waals surface area contributed by atoms with E-state index in [0.29, 0.717) is 0 Å². The van der Waals surface area contributed by atoms with Crippen molar-refractivity contribution in [3.63, 3.8) is 0 Å². The van der Waals surface area contributed by atoms with E-state index in [9.17, 15) is 4.53 Å². The van der Waals surface area contributed by atoms with Gasteiger partial charge < -0.3 is 5.32 Å². The van der Waals surface area contributed by atoms with Gasteiger partial charge in [-0.1, -0.05) is 0 Å². The van der Waals surface area contributed by atoms with Crippen LogP contribution in [0, 0.1) is 0 Å². The van der Waals surface area contributed by atoms with E-state index in [1.54, 1.807) is 30.5 Å². The van der Waals surface area contributed by atoms with Crippen LogP contribution in [0.1, 0.15) is 5.56 Å². The van der Waals surface area contributed by atoms with Gasteiger partial charge in [-0.25, -0.2) is 0 Å². The Morgan fingerprint density at radius 1 is 1.43 bits per heavy atom. The highest BCUT2D eigenvalue weighted by atomic mass is 19.3. The fraction of sp³-hybridized carbons (Fsp3) is 0.300. The van der Waals surface area contributed by atoms with Crippen molar-refractivity contribution in [2.75, 3.05) is 20.1 Å². The van der Waals surface area contributed by atoms with E-state index in [4.69, 9.17) is 0 Å². The summed E-state index contributed by atoms with van der Waals surface area (Å²) in [5.74, 6) is 0.206. The van der Waals surface area contributed by atoms with Gasteiger partial charge in [0, 0.05) is 17.3 Å². The van der Waals surface area contributed by atoms with Gasteiger partial charge in [-0.15, -0.1) is 0 Å². The molecular formula is C10H13FN2O. The number of aliphatic imine (C=N–C) groups is 1. The molecule has 1 aromatic carbocycles. The lowest BCUT2D eigenvalue weighted by Crippen LogP contribution is -2.10. The molecule has 0 heterocycles. The number of nitrogens with zero attached hydrogens (tertiary/aromatic N) is 1. The summed E-state index contributed by atoms with van der Waals surface area (Å²) >= 11 is 0. The number of benzene rings is 1. The number of halogens is 1. The summed E-state index contributed by atoms with van der Waals surface area (Å²) in [5.41, 5.74) is 0.932. The zero-order valence-electron chi connectivity index (χ0n) is 8.03. The minimum atomic E-state index is 0.206. The molecule has 1 rings (SSSR count). The SMILES string of the molecule is CNCCN=Cc1ccc(OF)cc1. The Balaban J connectivity index is 2.47. The molecule has 0 bridgehead atoms. The normalized spacial score (nSPS) is 10.7. The van der Waals surface area contributed by atoms with E-state index in [1.165, 1.54) is 0 Å². The zero-order valence-corrected chi connectivity index (χ0v) is 8.03. The minimum Gasteiger partial charge on any atom is -0.318 e. The van der Waals surface area contributed by atoms with Crippen molar-refractivity contribution in [2.24, 2.45) is 4.99 Å². The number of rotatable bonds is 5. The molecule has 14 heavy (non-hydrogen) atoms. The summed E-state index contributed by atoms with van der Waals surface area (Å²) in [6.07, 6.45) is 1.75. The van der Waals surface area contributed by atoms with Crippen LogP contribution in [-0.2, 0) is 0 Å². The molecule has 3 nitrogen and oxygen atoms in total. The van der Waals surface area contributed by atoms with Gasteiger partial charge in [-0.05, 0) is 36.9 Å². The quantitative estimate of drug-likeness (QED) is 0.573. The van der Waals surface area contributed by atoms with E-state index in [1.807, 2.05) is 7.05 Å². The van der Waals surface area contributed by atoms with E-state index >= 15 is 0 Å². The standard InChI is InChI=1S/C10H13FN2O/c1-12-6-7-13-8-9-2-4-10(14-11)5-3-9/h2-5,8,12H,6-7H2,1H3. The highest BCUT2D eigenvalue weighted by molar-refractivity contribution is 5.79. The lowest BCUT2D eigenvalue weighted by Gasteiger charge is -1.95. The third-order valence-corrected chi connectivity index (χ3v) is 1.70. The van der Waals surface area contributed by atoms with Crippen LogP contribution in [0.4, 0.5) is 4.53 Å². The van der Waals surface area contributed by atoms with Gasteiger partial charge in [-0.3, -0.25) is 9.93 Å². The highest BCUT2D eigenvalue weighted by Crippen LogP contribution is 2.10. The molecule has 1 aromatic rings. The van der Waals surface area contributed by atoms with Crippen molar-refractivity contribution in [1.29, 1.82) is 0 Å². The Labute approximate surface area is 82.5 Å². The fourth-order valence-electron chi connectivity index (χ4n) is 0.952. The first-order valence-corrected chi connectivity index (χ1v) is 4.40. The van der Waals surface area contributed by atoms with Crippen LogP contribution in [0.15, 0.2) is 29.3 Å². The molecule has 0 aliphatic carbocycles. The first-order chi connectivity index (χ1) is 6.86. The maximum Gasteiger partial charge on any atom is 0.171 e. The summed E-state index contributed by atoms with van der Waals surface area (Å²) in [6, 6.07) is 6.61. The van der Waals surface area contributed by atoms with Gasteiger partial charge in [0.05, 0.1) is 6.54 Å². The average Bonchev–Trinajstić information content (AvgIpc) is 2.25. The molecule has 0 fully saturated rings. The topological polar surface area (TPSA) is 33.6 Å². The van der Waals surface area contributed by atoms with Crippen LogP contribution in [0.5, 0.6) is 5.75 Å². The summed E-state index contributed by atoms with van der Waals surface area (Å²) in [4.78, 5) is 7.72. The Kier molecular flexibility index (Phi) is 4.64. The zero-order chi connectivity index (χ0) is 10.2. The monoisotopic (exact) mass is 196 g/mol. The molecular weight excluding hydrogens is 183 g/mol. The molecule has 0 aliphatic rings. The van der Waals surface area contributed by atoms with Gasteiger partial charge >= 0.3 is 0 Å². The molecule has 0 radical (unpaired) electrons. The third kappa shape index (κ3) is 3.53. The second-order valence-electron chi connectivity index (χ2n) is 2.79. The van der Waals surface area contributed by atoms with Crippen molar-refractivity contribution in [1.82, 2.24) is 5.32 Å². The first kappa shape index (κ1) is 10.7. The maximum atomic E-state index is 11.7. The highest BCUT2D eigenvalue weighted by Gasteiger charge is 1.92. The summed E-state index contributed by atoms with van der Waals surface area (Å²) in [7, 11) is 1.88. The molecule has 0 saturated heterocycles. The van der Waals surface area contributed by atoms with Crippen LogP contribution < -0.4 is 10.3 Å². The smallest absolute Gasteiger partial charge is 0.171 e. The molecule has 76 valence electrons. The third-order valence-electron chi connectivity index (χ3n) is 1.70. The lowest BCUT2D eigenvalue weighted by atomic mass is 10.2.